The molecule has 57 heavy (non-hydrogen) atoms. The maximum atomic E-state index is 4.83. The van der Waals surface area contributed by atoms with Gasteiger partial charge < -0.3 is 14.2 Å². The molecule has 0 aromatic rings. The molecular weight excluding hydrogens is 697 g/mol. The fourth-order valence-corrected chi connectivity index (χ4v) is 4.11. The lowest BCUT2D eigenvalue weighted by atomic mass is 10.2. The van der Waals surface area contributed by atoms with Gasteiger partial charge in [-0.15, -0.1) is 0 Å². The van der Waals surface area contributed by atoms with E-state index in [2.05, 4.69) is 96.9 Å². The SMILES string of the molecule is CCCCCC.CCCCCC.CCCCCC.CCCCCC.CCCCCC.CCCCCC.CCCCCC.CCOCC.CCOCC.CCOCC. The Kier molecular flexibility index (Phi) is 175. The third kappa shape index (κ3) is 225. The Morgan fingerprint density at radius 3 is 0.228 bits per heavy atom. The first kappa shape index (κ1) is 80.8. The highest BCUT2D eigenvalue weighted by atomic mass is 16.5. The Balaban J connectivity index is -0.0000000539. The topological polar surface area (TPSA) is 27.7 Å². The number of ether oxygens (including phenoxy) is 3. The van der Waals surface area contributed by atoms with Gasteiger partial charge in [-0.2, -0.15) is 0 Å². The first-order valence-electron chi connectivity index (χ1n) is 26.4. The molecule has 0 aliphatic rings. The molecule has 0 atom stereocenters. The predicted octanol–water partition coefficient (Wildman–Crippen LogP) is 21.2. The Hall–Kier alpha value is -0.120. The molecule has 3 heteroatoms. The molecular formula is C54H128O3. The van der Waals surface area contributed by atoms with Crippen LogP contribution in [-0.4, -0.2) is 39.6 Å². The number of rotatable bonds is 27. The summed E-state index contributed by atoms with van der Waals surface area (Å²) in [6, 6.07) is 0. The van der Waals surface area contributed by atoms with Gasteiger partial charge in [-0.05, 0) is 41.5 Å². The normalized spacial score (nSPS) is 8.84. The van der Waals surface area contributed by atoms with Crippen LogP contribution in [0.25, 0.3) is 0 Å². The molecule has 0 aliphatic carbocycles. The molecule has 362 valence electrons. The summed E-state index contributed by atoms with van der Waals surface area (Å²) in [7, 11) is 0. The molecule has 0 unspecified atom stereocenters. The smallest absolute Gasteiger partial charge is 0.0437 e. The summed E-state index contributed by atoms with van der Waals surface area (Å²) in [5.74, 6) is 0. The molecule has 0 radical (unpaired) electrons. The zero-order valence-corrected chi connectivity index (χ0v) is 45.3. The van der Waals surface area contributed by atoms with E-state index in [-0.39, 0.29) is 0 Å². The van der Waals surface area contributed by atoms with E-state index in [1.54, 1.807) is 0 Å². The second-order valence-corrected chi connectivity index (χ2v) is 14.3. The van der Waals surface area contributed by atoms with Crippen LogP contribution in [0.2, 0.25) is 0 Å². The van der Waals surface area contributed by atoms with Crippen LogP contribution in [0.3, 0.4) is 0 Å². The standard InChI is InChI=1S/7C6H14.3C4H10O/c7*1-3-5-6-4-2;3*1-3-5-4-2/h7*3-6H2,1-2H3;3*3-4H2,1-2H3. The second-order valence-electron chi connectivity index (χ2n) is 14.3. The Morgan fingerprint density at radius 2 is 0.211 bits per heavy atom. The van der Waals surface area contributed by atoms with Crippen LogP contribution in [0.5, 0.6) is 0 Å². The van der Waals surface area contributed by atoms with Crippen LogP contribution in [0, 0.1) is 0 Å². The minimum Gasteiger partial charge on any atom is -0.382 e. The highest BCUT2D eigenvalue weighted by Gasteiger charge is 1.79. The summed E-state index contributed by atoms with van der Waals surface area (Å²) >= 11 is 0. The third-order valence-corrected chi connectivity index (χ3v) is 7.92. The van der Waals surface area contributed by atoms with Gasteiger partial charge in [0, 0.05) is 39.6 Å². The average Bonchev–Trinajstić information content (AvgIpc) is 3.24. The quantitative estimate of drug-likeness (QED) is 0.0772. The van der Waals surface area contributed by atoms with E-state index in [9.17, 15) is 0 Å². The van der Waals surface area contributed by atoms with Crippen LogP contribution in [-0.2, 0) is 14.2 Å². The van der Waals surface area contributed by atoms with Gasteiger partial charge in [-0.1, -0.05) is 277 Å². The largest absolute Gasteiger partial charge is 0.382 e. The van der Waals surface area contributed by atoms with E-state index in [0.717, 1.165) is 39.6 Å². The molecule has 0 amide bonds. The van der Waals surface area contributed by atoms with E-state index >= 15 is 0 Å². The van der Waals surface area contributed by atoms with Crippen molar-refractivity contribution in [3.05, 3.63) is 0 Å². The van der Waals surface area contributed by atoms with Crippen LogP contribution in [0.15, 0.2) is 0 Å². The lowest BCUT2D eigenvalue weighted by Crippen LogP contribution is -1.84. The predicted molar refractivity (Wildman–Crippen MR) is 275 cm³/mol. The molecule has 0 aliphatic heterocycles. The number of hydrogen-bond donors (Lipinski definition) is 0. The zero-order valence-electron chi connectivity index (χ0n) is 45.3. The van der Waals surface area contributed by atoms with Crippen molar-refractivity contribution >= 4 is 0 Å². The van der Waals surface area contributed by atoms with Crippen molar-refractivity contribution in [1.82, 2.24) is 0 Å². The molecule has 0 N–H and O–H groups in total. The minimum absolute atomic E-state index is 0.844. The number of hydrogen-bond acceptors (Lipinski definition) is 3. The van der Waals surface area contributed by atoms with Crippen molar-refractivity contribution in [3.8, 4) is 0 Å². The van der Waals surface area contributed by atoms with Crippen LogP contribution >= 0.6 is 0 Å². The zero-order chi connectivity index (χ0) is 46.2. The fraction of sp³-hybridized carbons (Fsp3) is 1.00. The van der Waals surface area contributed by atoms with Gasteiger partial charge in [0.2, 0.25) is 0 Å². The molecule has 0 aromatic carbocycles. The second kappa shape index (κ2) is 124. The number of unbranched alkanes of at least 4 members (excludes halogenated alkanes) is 21. The van der Waals surface area contributed by atoms with Gasteiger partial charge in [0.25, 0.3) is 0 Å². The molecule has 0 spiro atoms. The molecule has 0 bridgehead atoms. The monoisotopic (exact) mass is 825 g/mol. The molecule has 3 nitrogen and oxygen atoms in total. The van der Waals surface area contributed by atoms with Crippen molar-refractivity contribution < 1.29 is 14.2 Å². The van der Waals surface area contributed by atoms with Crippen molar-refractivity contribution in [2.75, 3.05) is 39.6 Å². The minimum atomic E-state index is 0.844. The lowest BCUT2D eigenvalue weighted by Gasteiger charge is -1.86. The van der Waals surface area contributed by atoms with E-state index in [0.29, 0.717) is 0 Å². The maximum Gasteiger partial charge on any atom is 0.0437 e. The summed E-state index contributed by atoms with van der Waals surface area (Å²) < 4.78 is 14.5. The van der Waals surface area contributed by atoms with Crippen molar-refractivity contribution in [2.45, 2.75) is 318 Å². The summed E-state index contributed by atoms with van der Waals surface area (Å²) in [6.45, 7) is 48.2. The first-order chi connectivity index (χ1) is 27.6. The molecule has 0 saturated carbocycles. The van der Waals surface area contributed by atoms with Crippen LogP contribution in [0.1, 0.15) is 318 Å². The van der Waals surface area contributed by atoms with Crippen LogP contribution in [0.4, 0.5) is 0 Å². The summed E-state index contributed by atoms with van der Waals surface area (Å²) in [6.07, 6.45) is 38.8. The summed E-state index contributed by atoms with van der Waals surface area (Å²) in [4.78, 5) is 0. The van der Waals surface area contributed by atoms with Crippen molar-refractivity contribution in [3.63, 3.8) is 0 Å². The Bertz CT molecular complexity index is 276. The van der Waals surface area contributed by atoms with Gasteiger partial charge in [-0.25, -0.2) is 0 Å². The third-order valence-electron chi connectivity index (χ3n) is 7.92. The Labute approximate surface area is 370 Å². The highest BCUT2D eigenvalue weighted by Crippen LogP contribution is 1.98. The molecule has 0 rings (SSSR count). The average molecular weight is 826 g/mol. The van der Waals surface area contributed by atoms with Gasteiger partial charge in [0.15, 0.2) is 0 Å². The summed E-state index contributed by atoms with van der Waals surface area (Å²) in [5, 5.41) is 0. The van der Waals surface area contributed by atoms with Gasteiger partial charge in [0.1, 0.15) is 0 Å². The van der Waals surface area contributed by atoms with E-state index in [1.165, 1.54) is 180 Å². The van der Waals surface area contributed by atoms with Crippen LogP contribution < -0.4 is 0 Å². The van der Waals surface area contributed by atoms with E-state index in [1.807, 2.05) is 41.5 Å². The fourth-order valence-electron chi connectivity index (χ4n) is 4.11. The van der Waals surface area contributed by atoms with Gasteiger partial charge in [0.05, 0.1) is 0 Å². The maximum absolute atomic E-state index is 4.83. The molecule has 0 fully saturated rings. The van der Waals surface area contributed by atoms with Gasteiger partial charge in [-0.3, -0.25) is 0 Å². The first-order valence-corrected chi connectivity index (χ1v) is 26.4. The molecule has 0 heterocycles. The molecule has 0 saturated heterocycles. The Morgan fingerprint density at radius 1 is 0.140 bits per heavy atom. The van der Waals surface area contributed by atoms with Crippen molar-refractivity contribution in [1.29, 1.82) is 0 Å². The van der Waals surface area contributed by atoms with Gasteiger partial charge >= 0.3 is 0 Å². The highest BCUT2D eigenvalue weighted by molar-refractivity contribution is 4.34. The van der Waals surface area contributed by atoms with E-state index in [4.69, 9.17) is 14.2 Å². The lowest BCUT2D eigenvalue weighted by molar-refractivity contribution is 0.162. The van der Waals surface area contributed by atoms with E-state index < -0.39 is 0 Å². The van der Waals surface area contributed by atoms with Crippen molar-refractivity contribution in [2.24, 2.45) is 0 Å². The molecule has 0 aromatic heterocycles. The summed E-state index contributed by atoms with van der Waals surface area (Å²) in [5.41, 5.74) is 0.